The van der Waals surface area contributed by atoms with Crippen LogP contribution in [0.4, 0.5) is 0 Å². The van der Waals surface area contributed by atoms with Crippen LogP contribution in [0.15, 0.2) is 41.8 Å². The van der Waals surface area contributed by atoms with Crippen LogP contribution < -0.4 is 0 Å². The van der Waals surface area contributed by atoms with Gasteiger partial charge >= 0.3 is 0 Å². The molecule has 1 rings (SSSR count). The highest BCUT2D eigenvalue weighted by atomic mass is 32.2. The summed E-state index contributed by atoms with van der Waals surface area (Å²) < 4.78 is 0. The minimum Gasteiger partial charge on any atom is -0.392 e. The molecule has 1 aromatic rings. The molecule has 0 aromatic heterocycles. The van der Waals surface area contributed by atoms with E-state index in [-0.39, 0.29) is 6.10 Å². The summed E-state index contributed by atoms with van der Waals surface area (Å²) in [5.74, 6) is 0.733. The molecule has 0 aliphatic heterocycles. The van der Waals surface area contributed by atoms with Gasteiger partial charge in [-0.2, -0.15) is 0 Å². The predicted octanol–water partition coefficient (Wildman–Crippen LogP) is 3.02. The van der Waals surface area contributed by atoms with Crippen molar-refractivity contribution in [1.82, 2.24) is 0 Å². The lowest BCUT2D eigenvalue weighted by Crippen LogP contribution is -2.07. The second-order valence-corrected chi connectivity index (χ2v) is 4.32. The first-order valence-electron chi connectivity index (χ1n) is 4.71. The Labute approximate surface area is 89.8 Å². The van der Waals surface area contributed by atoms with Crippen LogP contribution >= 0.6 is 11.8 Å². The van der Waals surface area contributed by atoms with Gasteiger partial charge in [-0.25, -0.2) is 0 Å². The van der Waals surface area contributed by atoms with E-state index >= 15 is 0 Å². The lowest BCUT2D eigenvalue weighted by Gasteiger charge is -2.08. The van der Waals surface area contributed by atoms with Gasteiger partial charge in [0.2, 0.25) is 0 Å². The van der Waals surface area contributed by atoms with Gasteiger partial charge in [0, 0.05) is 10.6 Å². The Morgan fingerprint density at radius 3 is 2.86 bits per heavy atom. The molecule has 1 atom stereocenters. The van der Waals surface area contributed by atoms with Crippen molar-refractivity contribution >= 4 is 11.8 Å². The highest BCUT2D eigenvalue weighted by molar-refractivity contribution is 7.99. The quantitative estimate of drug-likeness (QED) is 0.593. The zero-order chi connectivity index (χ0) is 10.4. The predicted molar refractivity (Wildman–Crippen MR) is 62.7 cm³/mol. The summed E-state index contributed by atoms with van der Waals surface area (Å²) >= 11 is 1.70. The van der Waals surface area contributed by atoms with Gasteiger partial charge < -0.3 is 5.11 Å². The van der Waals surface area contributed by atoms with E-state index in [1.807, 2.05) is 12.1 Å². The van der Waals surface area contributed by atoms with Gasteiger partial charge in [0.05, 0.1) is 6.10 Å². The first-order chi connectivity index (χ1) is 6.74. The zero-order valence-corrected chi connectivity index (χ0v) is 9.26. The molecule has 1 N–H and O–H groups in total. The zero-order valence-electron chi connectivity index (χ0n) is 8.44. The maximum Gasteiger partial charge on any atom is 0.0668 e. The number of aliphatic hydroxyl groups excluding tert-OH is 1. The highest BCUT2D eigenvalue weighted by Crippen LogP contribution is 2.22. The SMILES string of the molecule is C=CCC(O)CSc1ccccc1C. The molecule has 0 saturated carbocycles. The monoisotopic (exact) mass is 208 g/mol. The van der Waals surface area contributed by atoms with Gasteiger partial charge in [0.1, 0.15) is 0 Å². The van der Waals surface area contributed by atoms with Crippen molar-refractivity contribution in [3.8, 4) is 0 Å². The van der Waals surface area contributed by atoms with E-state index in [9.17, 15) is 5.11 Å². The van der Waals surface area contributed by atoms with Gasteiger partial charge in [-0.05, 0) is 25.0 Å². The molecular weight excluding hydrogens is 192 g/mol. The van der Waals surface area contributed by atoms with E-state index in [2.05, 4.69) is 25.6 Å². The Kier molecular flexibility index (Phi) is 4.77. The topological polar surface area (TPSA) is 20.2 Å². The largest absolute Gasteiger partial charge is 0.392 e. The number of hydrogen-bond acceptors (Lipinski definition) is 2. The molecule has 76 valence electrons. The molecule has 2 heteroatoms. The fraction of sp³-hybridized carbons (Fsp3) is 0.333. The Morgan fingerprint density at radius 1 is 1.50 bits per heavy atom. The number of rotatable bonds is 5. The third-order valence-corrected chi connectivity index (χ3v) is 3.28. The van der Waals surface area contributed by atoms with Crippen molar-refractivity contribution in [2.75, 3.05) is 5.75 Å². The number of aryl methyl sites for hydroxylation is 1. The second kappa shape index (κ2) is 5.89. The van der Waals surface area contributed by atoms with Crippen LogP contribution in [0.1, 0.15) is 12.0 Å². The maximum atomic E-state index is 9.51. The molecule has 0 amide bonds. The summed E-state index contributed by atoms with van der Waals surface area (Å²) in [6.45, 7) is 5.69. The van der Waals surface area contributed by atoms with Gasteiger partial charge in [-0.15, -0.1) is 18.3 Å². The van der Waals surface area contributed by atoms with Crippen LogP contribution in [0.25, 0.3) is 0 Å². The van der Waals surface area contributed by atoms with Crippen LogP contribution in [-0.4, -0.2) is 17.0 Å². The molecule has 0 bridgehead atoms. The molecule has 0 aliphatic carbocycles. The van der Waals surface area contributed by atoms with Crippen LogP contribution in [0.5, 0.6) is 0 Å². The number of aliphatic hydroxyl groups is 1. The molecule has 0 radical (unpaired) electrons. The first kappa shape index (κ1) is 11.3. The molecule has 14 heavy (non-hydrogen) atoms. The van der Waals surface area contributed by atoms with Crippen LogP contribution in [-0.2, 0) is 0 Å². The Balaban J connectivity index is 2.45. The molecule has 0 aliphatic rings. The van der Waals surface area contributed by atoms with Crippen LogP contribution in [0.3, 0.4) is 0 Å². The summed E-state index contributed by atoms with van der Waals surface area (Å²) in [6, 6.07) is 8.22. The molecule has 1 aromatic carbocycles. The summed E-state index contributed by atoms with van der Waals surface area (Å²) in [4.78, 5) is 1.25. The summed E-state index contributed by atoms with van der Waals surface area (Å²) in [5, 5.41) is 9.51. The fourth-order valence-corrected chi connectivity index (χ4v) is 2.14. The van der Waals surface area contributed by atoms with Gasteiger partial charge in [-0.1, -0.05) is 24.3 Å². The summed E-state index contributed by atoms with van der Waals surface area (Å²) in [5.41, 5.74) is 1.27. The second-order valence-electron chi connectivity index (χ2n) is 3.25. The van der Waals surface area contributed by atoms with Gasteiger partial charge in [-0.3, -0.25) is 0 Å². The number of benzene rings is 1. The third kappa shape index (κ3) is 3.56. The van der Waals surface area contributed by atoms with Crippen LogP contribution in [0.2, 0.25) is 0 Å². The lowest BCUT2D eigenvalue weighted by molar-refractivity contribution is 0.203. The Hall–Kier alpha value is -0.730. The van der Waals surface area contributed by atoms with E-state index in [0.29, 0.717) is 6.42 Å². The molecule has 1 nitrogen and oxygen atoms in total. The average molecular weight is 208 g/mol. The van der Waals surface area contributed by atoms with Crippen LogP contribution in [0, 0.1) is 6.92 Å². The molecular formula is C12H16OS. The first-order valence-corrected chi connectivity index (χ1v) is 5.70. The minimum atomic E-state index is -0.280. The molecule has 0 spiro atoms. The maximum absolute atomic E-state index is 9.51. The van der Waals surface area contributed by atoms with E-state index in [4.69, 9.17) is 0 Å². The van der Waals surface area contributed by atoms with Crippen molar-refractivity contribution in [1.29, 1.82) is 0 Å². The average Bonchev–Trinajstić information content (AvgIpc) is 2.17. The minimum absolute atomic E-state index is 0.280. The van der Waals surface area contributed by atoms with Crippen molar-refractivity contribution in [3.63, 3.8) is 0 Å². The van der Waals surface area contributed by atoms with Gasteiger partial charge in [0.25, 0.3) is 0 Å². The Bertz CT molecular complexity index is 296. The third-order valence-electron chi connectivity index (χ3n) is 1.96. The van der Waals surface area contributed by atoms with Crippen molar-refractivity contribution in [2.45, 2.75) is 24.3 Å². The van der Waals surface area contributed by atoms with E-state index in [1.165, 1.54) is 10.5 Å². The van der Waals surface area contributed by atoms with E-state index in [1.54, 1.807) is 17.8 Å². The fourth-order valence-electron chi connectivity index (χ4n) is 1.16. The number of hydrogen-bond donors (Lipinski definition) is 1. The molecule has 0 saturated heterocycles. The normalized spacial score (nSPS) is 12.4. The number of thioether (sulfide) groups is 1. The molecule has 1 unspecified atom stereocenters. The molecule has 0 heterocycles. The highest BCUT2D eigenvalue weighted by Gasteiger charge is 2.03. The smallest absolute Gasteiger partial charge is 0.0668 e. The lowest BCUT2D eigenvalue weighted by atomic mass is 10.2. The van der Waals surface area contributed by atoms with E-state index in [0.717, 1.165) is 5.75 Å². The summed E-state index contributed by atoms with van der Waals surface area (Å²) in [7, 11) is 0. The van der Waals surface area contributed by atoms with Crippen molar-refractivity contribution in [3.05, 3.63) is 42.5 Å². The van der Waals surface area contributed by atoms with Crippen molar-refractivity contribution in [2.24, 2.45) is 0 Å². The van der Waals surface area contributed by atoms with E-state index < -0.39 is 0 Å². The standard InChI is InChI=1S/C12H16OS/c1-3-6-11(13)9-14-12-8-5-4-7-10(12)2/h3-5,7-8,11,13H,1,6,9H2,2H3. The Morgan fingerprint density at radius 2 is 2.21 bits per heavy atom. The molecule has 0 fully saturated rings. The van der Waals surface area contributed by atoms with Crippen molar-refractivity contribution < 1.29 is 5.11 Å². The van der Waals surface area contributed by atoms with Gasteiger partial charge in [0.15, 0.2) is 0 Å². The summed E-state index contributed by atoms with van der Waals surface area (Å²) in [6.07, 6.45) is 2.14.